The number of hydrogen-bond donors (Lipinski definition) is 2. The van der Waals surface area contributed by atoms with Crippen LogP contribution in [-0.2, 0) is 0 Å². The summed E-state index contributed by atoms with van der Waals surface area (Å²) in [5.74, 6) is -0.244. The van der Waals surface area contributed by atoms with Crippen LogP contribution < -0.4 is 5.32 Å². The number of phenolic OH excluding ortho intramolecular Hbond substituents is 1. The number of carbonyl (C=O) groups excluding carboxylic acids is 1. The zero-order chi connectivity index (χ0) is 13.0. The maximum absolute atomic E-state index is 12.1. The molecule has 0 unspecified atom stereocenters. The fourth-order valence-electron chi connectivity index (χ4n) is 2.36. The number of aromatic hydroxyl groups is 1. The van der Waals surface area contributed by atoms with Gasteiger partial charge in [-0.15, -0.1) is 0 Å². The van der Waals surface area contributed by atoms with E-state index in [1.807, 2.05) is 0 Å². The maximum atomic E-state index is 12.1. The summed E-state index contributed by atoms with van der Waals surface area (Å²) < 4.78 is 0. The highest BCUT2D eigenvalue weighted by Gasteiger charge is 2.33. The Balaban J connectivity index is 2.13. The third kappa shape index (κ3) is 2.62. The molecule has 0 spiro atoms. The Morgan fingerprint density at radius 2 is 2.06 bits per heavy atom. The van der Waals surface area contributed by atoms with Gasteiger partial charge in [-0.2, -0.15) is 5.26 Å². The highest BCUT2D eigenvalue weighted by Crippen LogP contribution is 2.28. The molecule has 4 nitrogen and oxygen atoms in total. The van der Waals surface area contributed by atoms with E-state index in [0.29, 0.717) is 18.4 Å². The number of carbonyl (C=O) groups is 1. The van der Waals surface area contributed by atoms with Crippen molar-refractivity contribution in [3.63, 3.8) is 0 Å². The van der Waals surface area contributed by atoms with E-state index < -0.39 is 5.54 Å². The normalized spacial score (nSPS) is 17.7. The predicted molar refractivity (Wildman–Crippen MR) is 67.0 cm³/mol. The van der Waals surface area contributed by atoms with Crippen molar-refractivity contribution >= 4 is 5.91 Å². The molecule has 0 radical (unpaired) electrons. The molecular weight excluding hydrogens is 228 g/mol. The van der Waals surface area contributed by atoms with E-state index >= 15 is 0 Å². The molecule has 0 bridgehead atoms. The van der Waals surface area contributed by atoms with Crippen molar-refractivity contribution in [2.24, 2.45) is 0 Å². The van der Waals surface area contributed by atoms with E-state index in [4.69, 9.17) is 0 Å². The van der Waals surface area contributed by atoms with Gasteiger partial charge in [0.05, 0.1) is 6.07 Å². The summed E-state index contributed by atoms with van der Waals surface area (Å²) in [7, 11) is 0. The van der Waals surface area contributed by atoms with Gasteiger partial charge in [-0.3, -0.25) is 4.79 Å². The van der Waals surface area contributed by atoms with Crippen LogP contribution >= 0.6 is 0 Å². The summed E-state index contributed by atoms with van der Waals surface area (Å²) >= 11 is 0. The smallest absolute Gasteiger partial charge is 0.252 e. The van der Waals surface area contributed by atoms with E-state index in [1.54, 1.807) is 12.1 Å². The fourth-order valence-corrected chi connectivity index (χ4v) is 2.36. The summed E-state index contributed by atoms with van der Waals surface area (Å²) in [4.78, 5) is 12.1. The summed E-state index contributed by atoms with van der Waals surface area (Å²) in [6.45, 7) is 0. The topological polar surface area (TPSA) is 73.1 Å². The molecule has 0 atom stereocenters. The van der Waals surface area contributed by atoms with E-state index in [0.717, 1.165) is 19.3 Å². The molecule has 1 amide bonds. The van der Waals surface area contributed by atoms with Gasteiger partial charge in [0.25, 0.3) is 5.91 Å². The maximum Gasteiger partial charge on any atom is 0.252 e. The largest absolute Gasteiger partial charge is 0.508 e. The molecular formula is C14H16N2O2. The van der Waals surface area contributed by atoms with Gasteiger partial charge >= 0.3 is 0 Å². The predicted octanol–water partition coefficient (Wildman–Crippen LogP) is 2.35. The number of amides is 1. The van der Waals surface area contributed by atoms with Crippen molar-refractivity contribution in [1.82, 2.24) is 5.32 Å². The molecule has 1 aromatic rings. The van der Waals surface area contributed by atoms with Crippen molar-refractivity contribution in [1.29, 1.82) is 5.26 Å². The number of phenols is 1. The van der Waals surface area contributed by atoms with Crippen LogP contribution in [0.3, 0.4) is 0 Å². The van der Waals surface area contributed by atoms with E-state index in [-0.39, 0.29) is 11.7 Å². The lowest BCUT2D eigenvalue weighted by molar-refractivity contribution is 0.0902. The number of nitrogens with one attached hydrogen (secondary N) is 1. The molecule has 1 aliphatic rings. The molecule has 2 N–H and O–H groups in total. The summed E-state index contributed by atoms with van der Waals surface area (Å²) in [5, 5.41) is 21.4. The molecule has 1 saturated carbocycles. The Kier molecular flexibility index (Phi) is 3.52. The number of rotatable bonds is 2. The summed E-state index contributed by atoms with van der Waals surface area (Å²) in [6, 6.07) is 8.40. The monoisotopic (exact) mass is 244 g/mol. The van der Waals surface area contributed by atoms with Gasteiger partial charge in [0.2, 0.25) is 0 Å². The number of nitrogens with zero attached hydrogens (tertiary/aromatic N) is 1. The molecule has 0 heterocycles. The van der Waals surface area contributed by atoms with Crippen LogP contribution in [0.2, 0.25) is 0 Å². The minimum Gasteiger partial charge on any atom is -0.508 e. The minimum absolute atomic E-state index is 0.0531. The molecule has 1 fully saturated rings. The van der Waals surface area contributed by atoms with Crippen molar-refractivity contribution < 1.29 is 9.90 Å². The zero-order valence-electron chi connectivity index (χ0n) is 10.1. The number of benzene rings is 1. The Hall–Kier alpha value is -2.02. The highest BCUT2D eigenvalue weighted by molar-refractivity contribution is 5.95. The Morgan fingerprint density at radius 1 is 1.33 bits per heavy atom. The molecule has 0 aliphatic heterocycles. The average molecular weight is 244 g/mol. The van der Waals surface area contributed by atoms with Crippen LogP contribution in [0.15, 0.2) is 24.3 Å². The van der Waals surface area contributed by atoms with Crippen LogP contribution in [0.25, 0.3) is 0 Å². The second-order valence-corrected chi connectivity index (χ2v) is 4.76. The molecule has 0 aromatic heterocycles. The van der Waals surface area contributed by atoms with E-state index in [9.17, 15) is 15.2 Å². The van der Waals surface area contributed by atoms with Crippen LogP contribution in [0.5, 0.6) is 5.75 Å². The Bertz CT molecular complexity index is 485. The number of hydrogen-bond acceptors (Lipinski definition) is 3. The molecule has 4 heteroatoms. The second-order valence-electron chi connectivity index (χ2n) is 4.76. The quantitative estimate of drug-likeness (QED) is 0.838. The molecule has 1 aromatic carbocycles. The van der Waals surface area contributed by atoms with E-state index in [1.165, 1.54) is 12.1 Å². The van der Waals surface area contributed by atoms with Crippen molar-refractivity contribution in [3.8, 4) is 11.8 Å². The van der Waals surface area contributed by atoms with Gasteiger partial charge < -0.3 is 10.4 Å². The Labute approximate surface area is 106 Å². The minimum atomic E-state index is -0.735. The van der Waals surface area contributed by atoms with Crippen LogP contribution in [0, 0.1) is 11.3 Å². The highest BCUT2D eigenvalue weighted by atomic mass is 16.3. The zero-order valence-corrected chi connectivity index (χ0v) is 10.1. The van der Waals surface area contributed by atoms with Gasteiger partial charge in [0, 0.05) is 5.56 Å². The van der Waals surface area contributed by atoms with Crippen LogP contribution in [-0.4, -0.2) is 16.6 Å². The molecule has 94 valence electrons. The van der Waals surface area contributed by atoms with Crippen molar-refractivity contribution in [2.75, 3.05) is 0 Å². The van der Waals surface area contributed by atoms with Gasteiger partial charge in [-0.05, 0) is 31.0 Å². The SMILES string of the molecule is N#CC1(NC(=O)c2cccc(O)c2)CCCCC1. The lowest BCUT2D eigenvalue weighted by atomic mass is 9.82. The second kappa shape index (κ2) is 5.09. The fraction of sp³-hybridized carbons (Fsp3) is 0.429. The first-order valence-corrected chi connectivity index (χ1v) is 6.18. The van der Waals surface area contributed by atoms with Crippen LogP contribution in [0.4, 0.5) is 0 Å². The first-order chi connectivity index (χ1) is 8.65. The lowest BCUT2D eigenvalue weighted by Gasteiger charge is -2.31. The van der Waals surface area contributed by atoms with Gasteiger partial charge in [-0.25, -0.2) is 0 Å². The summed E-state index contributed by atoms with van der Waals surface area (Å²) in [6.07, 6.45) is 4.45. The average Bonchev–Trinajstić information content (AvgIpc) is 2.40. The third-order valence-corrected chi connectivity index (χ3v) is 3.38. The van der Waals surface area contributed by atoms with Gasteiger partial charge in [0.15, 0.2) is 0 Å². The summed E-state index contributed by atoms with van der Waals surface area (Å²) in [5.41, 5.74) is -0.351. The van der Waals surface area contributed by atoms with Crippen LogP contribution in [0.1, 0.15) is 42.5 Å². The van der Waals surface area contributed by atoms with Gasteiger partial charge in [-0.1, -0.05) is 25.3 Å². The lowest BCUT2D eigenvalue weighted by Crippen LogP contribution is -2.48. The van der Waals surface area contributed by atoms with Crippen molar-refractivity contribution in [3.05, 3.63) is 29.8 Å². The third-order valence-electron chi connectivity index (χ3n) is 3.38. The molecule has 1 aliphatic carbocycles. The molecule has 0 saturated heterocycles. The van der Waals surface area contributed by atoms with Crippen molar-refractivity contribution in [2.45, 2.75) is 37.6 Å². The molecule has 2 rings (SSSR count). The van der Waals surface area contributed by atoms with Gasteiger partial charge in [0.1, 0.15) is 11.3 Å². The number of nitriles is 1. The first-order valence-electron chi connectivity index (χ1n) is 6.18. The molecule has 18 heavy (non-hydrogen) atoms. The Morgan fingerprint density at radius 3 is 2.67 bits per heavy atom. The van der Waals surface area contributed by atoms with E-state index in [2.05, 4.69) is 11.4 Å². The standard InChI is InChI=1S/C14H16N2O2/c15-10-14(7-2-1-3-8-14)16-13(18)11-5-4-6-12(17)9-11/h4-6,9,17H,1-3,7-8H2,(H,16,18). The first kappa shape index (κ1) is 12.4.